The second-order valence-electron chi connectivity index (χ2n) is 11.8. The predicted molar refractivity (Wildman–Crippen MR) is 170 cm³/mol. The van der Waals surface area contributed by atoms with Gasteiger partial charge >= 0.3 is 12.4 Å². The Balaban J connectivity index is 1.53. The second-order valence-corrected chi connectivity index (χ2v) is 14.7. The number of allylic oxidation sites excluding steroid dienone is 2. The number of nitrogens with zero attached hydrogens (tertiary/aromatic N) is 2. The SMILES string of the molecule is COc1cc([C@H]2C3=CC[C@@H]4C(=O)N(c5cc(C(F)(F)F)cc(C(F)(F)F)c5)C(=O)[C@@H]4[C@@H]3C[C@@]3(Cl)C(=O)N(CBr)C(=O)[C@@]23Cl)cc(I)c1O. The standard InChI is InChI=1S/C30H20BrCl2F6IN2O6/c1-48-19-5-11(4-18(40)22(19)43)21-15-2-3-16-20(17(15)9-27(32)25(46)41(10-31)26(47)28(21,27)33)24(45)42(23(16)44)14-7-12(29(34,35)36)6-13(8-14)30(37,38)39/h2,4-8,16-17,20-21,43H,3,9-10H2,1H3/t16-,17+,20-,21-,27+,28-/m0/s1. The van der Waals surface area contributed by atoms with E-state index >= 15 is 0 Å². The smallest absolute Gasteiger partial charge is 0.416 e. The fourth-order valence-corrected chi connectivity index (χ4v) is 9.42. The van der Waals surface area contributed by atoms with E-state index in [0.717, 1.165) is 4.90 Å². The van der Waals surface area contributed by atoms with Crippen LogP contribution < -0.4 is 9.64 Å². The van der Waals surface area contributed by atoms with Gasteiger partial charge in [-0.05, 0) is 77.2 Å². The van der Waals surface area contributed by atoms with Crippen molar-refractivity contribution in [2.24, 2.45) is 17.8 Å². The van der Waals surface area contributed by atoms with E-state index in [2.05, 4.69) is 15.9 Å². The Bertz CT molecular complexity index is 1810. The molecule has 0 unspecified atom stereocenters. The molecule has 0 bridgehead atoms. The minimum atomic E-state index is -5.24. The van der Waals surface area contributed by atoms with Gasteiger partial charge in [0.15, 0.2) is 21.2 Å². The number of phenols is 1. The molecule has 4 aliphatic rings. The Morgan fingerprint density at radius 2 is 1.56 bits per heavy atom. The highest BCUT2D eigenvalue weighted by molar-refractivity contribution is 14.1. The number of carbonyl (C=O) groups excluding carboxylic acids is 4. The molecule has 256 valence electrons. The second kappa shape index (κ2) is 11.5. The molecule has 3 fully saturated rings. The minimum absolute atomic E-state index is 0.0221. The number of ether oxygens (including phenoxy) is 1. The lowest BCUT2D eigenvalue weighted by molar-refractivity contribution is -0.143. The molecule has 0 aromatic heterocycles. The number of halogens is 10. The minimum Gasteiger partial charge on any atom is -0.504 e. The zero-order chi connectivity index (χ0) is 35.5. The van der Waals surface area contributed by atoms with Crippen LogP contribution in [0, 0.1) is 21.3 Å². The van der Waals surface area contributed by atoms with Crippen LogP contribution in [0.1, 0.15) is 35.4 Å². The monoisotopic (exact) mass is 894 g/mol. The number of hydrogen-bond acceptors (Lipinski definition) is 6. The molecule has 4 amide bonds. The molecule has 2 saturated heterocycles. The summed E-state index contributed by atoms with van der Waals surface area (Å²) in [6, 6.07) is 3.33. The van der Waals surface area contributed by atoms with E-state index in [1.54, 1.807) is 28.7 Å². The van der Waals surface area contributed by atoms with Crippen LogP contribution in [-0.2, 0) is 31.5 Å². The van der Waals surface area contributed by atoms with Gasteiger partial charge in [0, 0.05) is 5.92 Å². The van der Waals surface area contributed by atoms with Crippen molar-refractivity contribution in [3.63, 3.8) is 0 Å². The molecule has 8 nitrogen and oxygen atoms in total. The van der Waals surface area contributed by atoms with Crippen LogP contribution >= 0.6 is 61.7 Å². The molecule has 1 N–H and O–H groups in total. The van der Waals surface area contributed by atoms with Crippen molar-refractivity contribution < 1.29 is 55.4 Å². The highest BCUT2D eigenvalue weighted by Gasteiger charge is 2.76. The van der Waals surface area contributed by atoms with Crippen LogP contribution in [-0.4, -0.2) is 55.9 Å². The van der Waals surface area contributed by atoms with Crippen molar-refractivity contribution in [2.45, 2.75) is 40.9 Å². The zero-order valence-electron chi connectivity index (χ0n) is 24.1. The van der Waals surface area contributed by atoms with E-state index < -0.39 is 92.6 Å². The average Bonchev–Trinajstić information content (AvgIpc) is 3.34. The fraction of sp³-hybridized carbons (Fsp3) is 0.400. The van der Waals surface area contributed by atoms with Crippen LogP contribution in [0.5, 0.6) is 11.5 Å². The Kier molecular flexibility index (Phi) is 8.44. The fourth-order valence-electron chi connectivity index (χ4n) is 7.36. The van der Waals surface area contributed by atoms with Gasteiger partial charge in [-0.2, -0.15) is 26.3 Å². The summed E-state index contributed by atoms with van der Waals surface area (Å²) in [6.07, 6.45) is -9.61. The Labute approximate surface area is 299 Å². The molecule has 2 heterocycles. The highest BCUT2D eigenvalue weighted by atomic mass is 127. The van der Waals surface area contributed by atoms with Crippen LogP contribution in [0.4, 0.5) is 32.0 Å². The number of anilines is 1. The summed E-state index contributed by atoms with van der Waals surface area (Å²) in [5.74, 6) is -9.18. The van der Waals surface area contributed by atoms with E-state index in [0.29, 0.717) is 22.6 Å². The number of methoxy groups -OCH3 is 1. The first-order chi connectivity index (χ1) is 22.2. The first-order valence-corrected chi connectivity index (χ1v) is 16.9. The summed E-state index contributed by atoms with van der Waals surface area (Å²) in [6.45, 7) is 0. The van der Waals surface area contributed by atoms with Gasteiger partial charge in [0.2, 0.25) is 11.8 Å². The third-order valence-electron chi connectivity index (χ3n) is 9.45. The van der Waals surface area contributed by atoms with Gasteiger partial charge in [-0.3, -0.25) is 24.1 Å². The number of fused-ring (bicyclic) bond motifs is 4. The number of alkyl halides is 9. The molecule has 2 aromatic carbocycles. The Morgan fingerprint density at radius 3 is 2.10 bits per heavy atom. The summed E-state index contributed by atoms with van der Waals surface area (Å²) in [7, 11) is 1.28. The van der Waals surface area contributed by atoms with Crippen LogP contribution in [0.25, 0.3) is 0 Å². The maximum absolute atomic E-state index is 14.1. The van der Waals surface area contributed by atoms with Gasteiger partial charge in [0.05, 0.1) is 44.8 Å². The summed E-state index contributed by atoms with van der Waals surface area (Å²) < 4.78 is 87.7. The number of amides is 4. The lowest BCUT2D eigenvalue weighted by atomic mass is 9.56. The molecule has 48 heavy (non-hydrogen) atoms. The van der Waals surface area contributed by atoms with Crippen LogP contribution in [0.2, 0.25) is 0 Å². The number of aromatic hydroxyl groups is 1. The van der Waals surface area contributed by atoms with Gasteiger partial charge < -0.3 is 9.84 Å². The van der Waals surface area contributed by atoms with Crippen LogP contribution in [0.3, 0.4) is 0 Å². The maximum Gasteiger partial charge on any atom is 0.416 e. The van der Waals surface area contributed by atoms with Crippen molar-refractivity contribution in [1.29, 1.82) is 0 Å². The van der Waals surface area contributed by atoms with E-state index in [4.69, 9.17) is 27.9 Å². The summed E-state index contributed by atoms with van der Waals surface area (Å²) in [5, 5.41) is 10.5. The Hall–Kier alpha value is -2.57. The first kappa shape index (κ1) is 35.3. The molecule has 2 aliphatic heterocycles. The summed E-state index contributed by atoms with van der Waals surface area (Å²) in [4.78, 5) is 52.2. The third kappa shape index (κ3) is 4.89. The number of carbonyl (C=O) groups is 4. The number of imide groups is 2. The molecule has 6 atom stereocenters. The number of rotatable bonds is 4. The van der Waals surface area contributed by atoms with Crippen molar-refractivity contribution in [3.8, 4) is 11.5 Å². The molecular weight excluding hydrogens is 876 g/mol. The quantitative estimate of drug-likeness (QED) is 0.0890. The van der Waals surface area contributed by atoms with Crippen LogP contribution in [0.15, 0.2) is 42.0 Å². The molecule has 2 aromatic rings. The van der Waals surface area contributed by atoms with Gasteiger partial charge in [0.25, 0.3) is 11.8 Å². The summed E-state index contributed by atoms with van der Waals surface area (Å²) in [5.41, 5.74) is -4.08. The lowest BCUT2D eigenvalue weighted by Crippen LogP contribution is -2.60. The van der Waals surface area contributed by atoms with Crippen molar-refractivity contribution in [2.75, 3.05) is 17.5 Å². The van der Waals surface area contributed by atoms with Gasteiger partial charge in [0.1, 0.15) is 0 Å². The third-order valence-corrected chi connectivity index (χ3v) is 12.2. The Morgan fingerprint density at radius 1 is 0.958 bits per heavy atom. The largest absolute Gasteiger partial charge is 0.504 e. The van der Waals surface area contributed by atoms with E-state index in [1.165, 1.54) is 19.2 Å². The normalized spacial score (nSPS) is 30.4. The van der Waals surface area contributed by atoms with Crippen molar-refractivity contribution in [3.05, 3.63) is 62.2 Å². The first-order valence-electron chi connectivity index (χ1n) is 14.0. The van der Waals surface area contributed by atoms with E-state index in [1.807, 2.05) is 0 Å². The number of hydrogen-bond donors (Lipinski definition) is 1. The summed E-state index contributed by atoms with van der Waals surface area (Å²) >= 11 is 19.2. The highest BCUT2D eigenvalue weighted by Crippen LogP contribution is 2.66. The molecule has 6 rings (SSSR count). The van der Waals surface area contributed by atoms with Gasteiger partial charge in [-0.1, -0.05) is 27.6 Å². The number of likely N-dealkylation sites (tertiary alicyclic amines) is 1. The van der Waals surface area contributed by atoms with E-state index in [9.17, 15) is 50.6 Å². The molecule has 1 saturated carbocycles. The number of benzene rings is 2. The van der Waals surface area contributed by atoms with Crippen molar-refractivity contribution in [1.82, 2.24) is 4.90 Å². The lowest BCUT2D eigenvalue weighted by Gasteiger charge is -2.50. The molecule has 2 aliphatic carbocycles. The molecule has 0 spiro atoms. The molecule has 0 radical (unpaired) electrons. The predicted octanol–water partition coefficient (Wildman–Crippen LogP) is 6.96. The van der Waals surface area contributed by atoms with Crippen molar-refractivity contribution >= 4 is 91.0 Å². The van der Waals surface area contributed by atoms with E-state index in [-0.39, 0.29) is 38.6 Å². The number of phenolic OH excluding ortho intramolecular Hbond substituents is 1. The van der Waals surface area contributed by atoms with Gasteiger partial charge in [-0.15, -0.1) is 23.2 Å². The average molecular weight is 896 g/mol. The molecule has 18 heteroatoms. The zero-order valence-corrected chi connectivity index (χ0v) is 29.3. The molecular formula is C30H20BrCl2F6IN2O6. The topological polar surface area (TPSA) is 104 Å². The van der Waals surface area contributed by atoms with Gasteiger partial charge in [-0.25, -0.2) is 4.90 Å². The maximum atomic E-state index is 14.1.